The van der Waals surface area contributed by atoms with Crippen LogP contribution in [-0.2, 0) is 14.8 Å². The molecule has 1 aliphatic heterocycles. The highest BCUT2D eigenvalue weighted by molar-refractivity contribution is 7.90. The first-order valence-corrected chi connectivity index (χ1v) is 12.8. The zero-order valence-electron chi connectivity index (χ0n) is 19.7. The summed E-state index contributed by atoms with van der Waals surface area (Å²) in [5, 5.41) is 17.5. The van der Waals surface area contributed by atoms with E-state index in [1.54, 1.807) is 62.5 Å². The SMILES string of the molecule is CC1(C)OC(=NC(CCO)c2ccccc2F)NS(=O)(=O)C1c1ccc(-c2ccnc(C#N)c2)cc1. The summed E-state index contributed by atoms with van der Waals surface area (Å²) in [6, 6.07) is 17.3. The molecule has 2 atom stereocenters. The van der Waals surface area contributed by atoms with Crippen molar-refractivity contribution < 1.29 is 22.7 Å². The fraction of sp³-hybridized carbons (Fsp3) is 0.269. The van der Waals surface area contributed by atoms with Crippen LogP contribution in [0.1, 0.15) is 48.4 Å². The average Bonchev–Trinajstić information content (AvgIpc) is 2.83. The molecule has 2 unspecified atom stereocenters. The van der Waals surface area contributed by atoms with E-state index < -0.39 is 32.7 Å². The van der Waals surface area contributed by atoms with Gasteiger partial charge in [0.15, 0.2) is 0 Å². The van der Waals surface area contributed by atoms with Crippen molar-refractivity contribution >= 4 is 16.0 Å². The van der Waals surface area contributed by atoms with Crippen molar-refractivity contribution in [3.8, 4) is 17.2 Å². The van der Waals surface area contributed by atoms with E-state index in [2.05, 4.69) is 14.7 Å². The van der Waals surface area contributed by atoms with Gasteiger partial charge < -0.3 is 9.84 Å². The molecule has 2 heterocycles. The maximum absolute atomic E-state index is 14.4. The minimum Gasteiger partial charge on any atom is -0.457 e. The normalized spacial score (nSPS) is 20.1. The summed E-state index contributed by atoms with van der Waals surface area (Å²) >= 11 is 0. The number of amidine groups is 1. The number of nitrogens with one attached hydrogen (secondary N) is 1. The Kier molecular flexibility index (Phi) is 7.06. The maximum atomic E-state index is 14.4. The Hall–Kier alpha value is -3.81. The van der Waals surface area contributed by atoms with Gasteiger partial charge in [-0.05, 0) is 55.2 Å². The van der Waals surface area contributed by atoms with Crippen LogP contribution in [0.5, 0.6) is 0 Å². The number of rotatable bonds is 6. The van der Waals surface area contributed by atoms with Gasteiger partial charge in [0, 0.05) is 18.4 Å². The summed E-state index contributed by atoms with van der Waals surface area (Å²) in [6.07, 6.45) is 1.63. The van der Waals surface area contributed by atoms with Crippen LogP contribution >= 0.6 is 0 Å². The third-order valence-electron chi connectivity index (χ3n) is 5.89. The largest absolute Gasteiger partial charge is 0.457 e. The molecule has 1 fully saturated rings. The Morgan fingerprint density at radius 3 is 2.56 bits per heavy atom. The Morgan fingerprint density at radius 2 is 1.92 bits per heavy atom. The lowest BCUT2D eigenvalue weighted by atomic mass is 9.95. The lowest BCUT2D eigenvalue weighted by Crippen LogP contribution is -2.53. The van der Waals surface area contributed by atoms with Gasteiger partial charge in [0.1, 0.15) is 28.4 Å². The number of sulfonamides is 1. The number of pyridine rings is 1. The van der Waals surface area contributed by atoms with Gasteiger partial charge in [0.2, 0.25) is 10.0 Å². The van der Waals surface area contributed by atoms with Gasteiger partial charge in [-0.1, -0.05) is 42.5 Å². The van der Waals surface area contributed by atoms with Crippen LogP contribution < -0.4 is 4.72 Å². The van der Waals surface area contributed by atoms with Crippen LogP contribution in [0.4, 0.5) is 4.39 Å². The second-order valence-corrected chi connectivity index (χ2v) is 10.6. The minimum atomic E-state index is -3.99. The van der Waals surface area contributed by atoms with E-state index in [0.29, 0.717) is 5.56 Å². The Labute approximate surface area is 209 Å². The first-order chi connectivity index (χ1) is 17.1. The van der Waals surface area contributed by atoms with E-state index in [-0.39, 0.29) is 30.3 Å². The number of aliphatic imine (C=N–C) groups is 1. The predicted molar refractivity (Wildman–Crippen MR) is 133 cm³/mol. The molecule has 10 heteroatoms. The lowest BCUT2D eigenvalue weighted by Gasteiger charge is -2.39. The van der Waals surface area contributed by atoms with Crippen molar-refractivity contribution in [1.82, 2.24) is 9.71 Å². The topological polar surface area (TPSA) is 125 Å². The molecule has 3 aromatic rings. The molecule has 8 nitrogen and oxygen atoms in total. The third kappa shape index (κ3) is 5.22. The van der Waals surface area contributed by atoms with Crippen molar-refractivity contribution in [2.24, 2.45) is 4.99 Å². The monoisotopic (exact) mass is 508 g/mol. The minimum absolute atomic E-state index is 0.0867. The van der Waals surface area contributed by atoms with E-state index in [9.17, 15) is 17.9 Å². The Bertz CT molecular complexity index is 1430. The predicted octanol–water partition coefficient (Wildman–Crippen LogP) is 4.01. The smallest absolute Gasteiger partial charge is 0.299 e. The van der Waals surface area contributed by atoms with E-state index in [1.165, 1.54) is 18.2 Å². The second kappa shape index (κ2) is 10.0. The first-order valence-electron chi connectivity index (χ1n) is 11.2. The highest BCUT2D eigenvalue weighted by Crippen LogP contribution is 2.39. The number of aromatic nitrogens is 1. The molecule has 1 saturated heterocycles. The second-order valence-electron chi connectivity index (χ2n) is 8.88. The molecule has 0 amide bonds. The summed E-state index contributed by atoms with van der Waals surface area (Å²) in [5.41, 5.74) is 1.39. The highest BCUT2D eigenvalue weighted by Gasteiger charge is 2.48. The number of nitrogens with zero attached hydrogens (tertiary/aromatic N) is 3. The highest BCUT2D eigenvalue weighted by atomic mass is 32.2. The zero-order valence-corrected chi connectivity index (χ0v) is 20.5. The first kappa shape index (κ1) is 25.3. The number of aliphatic hydroxyl groups is 1. The van der Waals surface area contributed by atoms with Gasteiger partial charge >= 0.3 is 0 Å². The molecule has 1 aromatic heterocycles. The van der Waals surface area contributed by atoms with Crippen molar-refractivity contribution in [2.75, 3.05) is 6.61 Å². The number of nitriles is 1. The van der Waals surface area contributed by atoms with Gasteiger partial charge in [-0.3, -0.25) is 0 Å². The molecule has 0 aliphatic carbocycles. The van der Waals surface area contributed by atoms with E-state index in [1.807, 2.05) is 6.07 Å². The summed E-state index contributed by atoms with van der Waals surface area (Å²) in [7, 11) is -3.99. The van der Waals surface area contributed by atoms with Crippen LogP contribution in [0.3, 0.4) is 0 Å². The van der Waals surface area contributed by atoms with Crippen LogP contribution in [0.2, 0.25) is 0 Å². The van der Waals surface area contributed by atoms with Gasteiger partial charge in [-0.2, -0.15) is 5.26 Å². The fourth-order valence-corrected chi connectivity index (χ4v) is 6.10. The molecule has 2 N–H and O–H groups in total. The molecule has 1 aliphatic rings. The quantitative estimate of drug-likeness (QED) is 0.518. The van der Waals surface area contributed by atoms with Crippen molar-refractivity contribution in [3.63, 3.8) is 0 Å². The van der Waals surface area contributed by atoms with Crippen LogP contribution in [0.15, 0.2) is 71.9 Å². The van der Waals surface area contributed by atoms with Crippen LogP contribution in [-0.4, -0.2) is 36.7 Å². The molecule has 0 saturated carbocycles. The molecule has 4 rings (SSSR count). The molecule has 0 radical (unpaired) electrons. The molecule has 2 aromatic carbocycles. The Balaban J connectivity index is 1.64. The standard InChI is InChI=1S/C26H25FN4O4S/c1-26(2)24(18-9-7-17(8-10-18)19-11-13-29-20(15-19)16-28)36(33,34)31-25(35-26)30-23(12-14-32)21-5-3-4-6-22(21)27/h3-11,13,15,23-24,32H,12,14H2,1-2H3,(H,30,31). The van der Waals surface area contributed by atoms with Crippen molar-refractivity contribution in [1.29, 1.82) is 5.26 Å². The Morgan fingerprint density at radius 1 is 1.19 bits per heavy atom. The van der Waals surface area contributed by atoms with Crippen LogP contribution in [0, 0.1) is 17.1 Å². The van der Waals surface area contributed by atoms with E-state index in [4.69, 9.17) is 10.00 Å². The van der Waals surface area contributed by atoms with Gasteiger partial charge in [0.25, 0.3) is 6.02 Å². The fourth-order valence-electron chi connectivity index (χ4n) is 4.33. The van der Waals surface area contributed by atoms with Crippen molar-refractivity contribution in [2.45, 2.75) is 37.2 Å². The number of hydrogen-bond acceptors (Lipinski definition) is 7. The summed E-state index contributed by atoms with van der Waals surface area (Å²) in [4.78, 5) is 8.28. The number of benzene rings is 2. The van der Waals surface area contributed by atoms with Gasteiger partial charge in [-0.15, -0.1) is 0 Å². The molecule has 0 bridgehead atoms. The van der Waals surface area contributed by atoms with Crippen LogP contribution in [0.25, 0.3) is 11.1 Å². The molecular weight excluding hydrogens is 483 g/mol. The molecular formula is C26H25FN4O4S. The average molecular weight is 509 g/mol. The van der Waals surface area contributed by atoms with E-state index in [0.717, 1.165) is 11.1 Å². The van der Waals surface area contributed by atoms with Gasteiger partial charge in [-0.25, -0.2) is 27.5 Å². The number of halogens is 1. The van der Waals surface area contributed by atoms with E-state index >= 15 is 0 Å². The lowest BCUT2D eigenvalue weighted by molar-refractivity contribution is 0.0758. The number of ether oxygens (including phenoxy) is 1. The molecule has 36 heavy (non-hydrogen) atoms. The zero-order chi connectivity index (χ0) is 25.9. The third-order valence-corrected chi connectivity index (χ3v) is 7.81. The number of hydrogen-bond donors (Lipinski definition) is 2. The molecule has 0 spiro atoms. The number of aliphatic hydroxyl groups excluding tert-OH is 1. The maximum Gasteiger partial charge on any atom is 0.299 e. The van der Waals surface area contributed by atoms with Crippen molar-refractivity contribution in [3.05, 3.63) is 89.5 Å². The van der Waals surface area contributed by atoms with Gasteiger partial charge in [0.05, 0.1) is 6.04 Å². The summed E-state index contributed by atoms with van der Waals surface area (Å²) < 4.78 is 49.4. The summed E-state index contributed by atoms with van der Waals surface area (Å²) in [5.74, 6) is -0.507. The summed E-state index contributed by atoms with van der Waals surface area (Å²) in [6.45, 7) is 3.02. The molecule has 186 valence electrons.